The maximum atomic E-state index is 6.02. The van der Waals surface area contributed by atoms with Gasteiger partial charge in [-0.15, -0.1) is 0 Å². The summed E-state index contributed by atoms with van der Waals surface area (Å²) in [6, 6.07) is 18.6. The summed E-state index contributed by atoms with van der Waals surface area (Å²) in [5.74, 6) is 0.978. The lowest BCUT2D eigenvalue weighted by molar-refractivity contribution is 0.279. The van der Waals surface area contributed by atoms with Crippen molar-refractivity contribution >= 4 is 12.2 Å². The highest BCUT2D eigenvalue weighted by atomic mass is 16.5. The maximum Gasteiger partial charge on any atom is 0.126 e. The van der Waals surface area contributed by atoms with E-state index in [0.29, 0.717) is 0 Å². The van der Waals surface area contributed by atoms with E-state index >= 15 is 0 Å². The lowest BCUT2D eigenvalue weighted by atomic mass is 10.1. The van der Waals surface area contributed by atoms with Crippen molar-refractivity contribution < 1.29 is 4.74 Å². The van der Waals surface area contributed by atoms with Crippen LogP contribution in [0.5, 0.6) is 5.75 Å². The van der Waals surface area contributed by atoms with Gasteiger partial charge in [0.05, 0.1) is 6.61 Å². The highest BCUT2D eigenvalue weighted by molar-refractivity contribution is 5.72. The Morgan fingerprint density at radius 1 is 0.833 bits per heavy atom. The summed E-state index contributed by atoms with van der Waals surface area (Å²) in [5.41, 5.74) is 2.35. The SMILES string of the molecule is C(=C\c1ccccc1OCCCCN1CCCC1)/c1ccccc1. The Kier molecular flexibility index (Phi) is 6.50. The molecule has 0 radical (unpaired) electrons. The molecular weight excluding hydrogens is 294 g/mol. The average Bonchev–Trinajstić information content (AvgIpc) is 3.15. The molecule has 0 aromatic heterocycles. The van der Waals surface area contributed by atoms with E-state index in [9.17, 15) is 0 Å². The fourth-order valence-corrected chi connectivity index (χ4v) is 3.13. The van der Waals surface area contributed by atoms with E-state index < -0.39 is 0 Å². The van der Waals surface area contributed by atoms with E-state index in [1.165, 1.54) is 44.5 Å². The van der Waals surface area contributed by atoms with Crippen LogP contribution in [-0.4, -0.2) is 31.1 Å². The number of benzene rings is 2. The van der Waals surface area contributed by atoms with Gasteiger partial charge in [-0.2, -0.15) is 0 Å². The van der Waals surface area contributed by atoms with Crippen molar-refractivity contribution in [3.8, 4) is 5.75 Å². The molecule has 2 aromatic carbocycles. The summed E-state index contributed by atoms with van der Waals surface area (Å²) in [6.45, 7) is 4.59. The normalized spacial score (nSPS) is 15.2. The second-order valence-corrected chi connectivity index (χ2v) is 6.39. The van der Waals surface area contributed by atoms with Crippen molar-refractivity contribution in [1.29, 1.82) is 0 Å². The largest absolute Gasteiger partial charge is 0.493 e. The second kappa shape index (κ2) is 9.29. The number of hydrogen-bond acceptors (Lipinski definition) is 2. The molecule has 2 heteroatoms. The first-order valence-corrected chi connectivity index (χ1v) is 9.09. The molecule has 0 unspecified atom stereocenters. The van der Waals surface area contributed by atoms with Gasteiger partial charge in [0.2, 0.25) is 0 Å². The second-order valence-electron chi connectivity index (χ2n) is 6.39. The molecule has 0 spiro atoms. The summed E-state index contributed by atoms with van der Waals surface area (Å²) in [4.78, 5) is 2.57. The predicted octanol–water partition coefficient (Wildman–Crippen LogP) is 5.11. The third kappa shape index (κ3) is 5.24. The first-order valence-electron chi connectivity index (χ1n) is 9.09. The Morgan fingerprint density at radius 2 is 1.58 bits per heavy atom. The molecule has 0 atom stereocenters. The predicted molar refractivity (Wildman–Crippen MR) is 102 cm³/mol. The van der Waals surface area contributed by atoms with Gasteiger partial charge in [-0.1, -0.05) is 60.7 Å². The van der Waals surface area contributed by atoms with E-state index in [0.717, 1.165) is 24.3 Å². The first kappa shape index (κ1) is 16.8. The van der Waals surface area contributed by atoms with Crippen LogP contribution in [0.15, 0.2) is 54.6 Å². The molecule has 1 aliphatic rings. The smallest absolute Gasteiger partial charge is 0.126 e. The van der Waals surface area contributed by atoms with Crippen molar-refractivity contribution in [3.63, 3.8) is 0 Å². The van der Waals surface area contributed by atoms with Crippen LogP contribution in [0, 0.1) is 0 Å². The molecule has 2 aromatic rings. The summed E-state index contributed by atoms with van der Waals surface area (Å²) >= 11 is 0. The van der Waals surface area contributed by atoms with Gasteiger partial charge in [0, 0.05) is 5.56 Å². The number of para-hydroxylation sites is 1. The monoisotopic (exact) mass is 321 g/mol. The summed E-state index contributed by atoms with van der Waals surface area (Å²) in [5, 5.41) is 0. The van der Waals surface area contributed by atoms with Crippen molar-refractivity contribution in [1.82, 2.24) is 4.90 Å². The lowest BCUT2D eigenvalue weighted by Gasteiger charge is -2.14. The van der Waals surface area contributed by atoms with Gasteiger partial charge in [0.15, 0.2) is 0 Å². The van der Waals surface area contributed by atoms with Crippen LogP contribution < -0.4 is 4.74 Å². The van der Waals surface area contributed by atoms with E-state index in [-0.39, 0.29) is 0 Å². The molecule has 1 saturated heterocycles. The molecular formula is C22H27NO. The Morgan fingerprint density at radius 3 is 2.42 bits per heavy atom. The van der Waals surface area contributed by atoms with Gasteiger partial charge in [-0.25, -0.2) is 0 Å². The Balaban J connectivity index is 1.47. The van der Waals surface area contributed by atoms with E-state index in [2.05, 4.69) is 59.5 Å². The van der Waals surface area contributed by atoms with Crippen LogP contribution >= 0.6 is 0 Å². The topological polar surface area (TPSA) is 12.5 Å². The highest BCUT2D eigenvalue weighted by Crippen LogP contribution is 2.21. The van der Waals surface area contributed by atoms with Crippen LogP contribution in [0.4, 0.5) is 0 Å². The summed E-state index contributed by atoms with van der Waals surface area (Å²) in [6.07, 6.45) is 9.36. The fourth-order valence-electron chi connectivity index (χ4n) is 3.13. The number of ether oxygens (including phenoxy) is 1. The van der Waals surface area contributed by atoms with Gasteiger partial charge in [0.1, 0.15) is 5.75 Å². The van der Waals surface area contributed by atoms with Gasteiger partial charge >= 0.3 is 0 Å². The fraction of sp³-hybridized carbons (Fsp3) is 0.364. The van der Waals surface area contributed by atoms with E-state index in [4.69, 9.17) is 4.74 Å². The number of nitrogens with zero attached hydrogens (tertiary/aromatic N) is 1. The zero-order chi connectivity index (χ0) is 16.5. The molecule has 0 bridgehead atoms. The minimum Gasteiger partial charge on any atom is -0.493 e. The molecule has 0 N–H and O–H groups in total. The molecule has 0 amide bonds. The molecule has 1 fully saturated rings. The van der Waals surface area contributed by atoms with Crippen molar-refractivity contribution in [3.05, 3.63) is 65.7 Å². The van der Waals surface area contributed by atoms with Crippen LogP contribution in [-0.2, 0) is 0 Å². The number of likely N-dealkylation sites (tertiary alicyclic amines) is 1. The lowest BCUT2D eigenvalue weighted by Crippen LogP contribution is -2.20. The van der Waals surface area contributed by atoms with Crippen molar-refractivity contribution in [2.24, 2.45) is 0 Å². The Hall–Kier alpha value is -2.06. The van der Waals surface area contributed by atoms with Crippen LogP contribution in [0.2, 0.25) is 0 Å². The third-order valence-electron chi connectivity index (χ3n) is 4.50. The van der Waals surface area contributed by atoms with Gasteiger partial charge < -0.3 is 9.64 Å². The molecule has 2 nitrogen and oxygen atoms in total. The molecule has 1 heterocycles. The minimum atomic E-state index is 0.796. The Labute approximate surface area is 145 Å². The first-order chi connectivity index (χ1) is 11.9. The number of unbranched alkanes of at least 4 members (excludes halogenated alkanes) is 1. The van der Waals surface area contributed by atoms with Crippen LogP contribution in [0.1, 0.15) is 36.8 Å². The maximum absolute atomic E-state index is 6.02. The van der Waals surface area contributed by atoms with Crippen molar-refractivity contribution in [2.45, 2.75) is 25.7 Å². The quantitative estimate of drug-likeness (QED) is 0.495. The number of hydrogen-bond donors (Lipinski definition) is 0. The molecule has 0 aliphatic carbocycles. The van der Waals surface area contributed by atoms with E-state index in [1.807, 2.05) is 12.1 Å². The highest BCUT2D eigenvalue weighted by Gasteiger charge is 2.10. The zero-order valence-corrected chi connectivity index (χ0v) is 14.4. The minimum absolute atomic E-state index is 0.796. The standard InChI is InChI=1S/C22H27NO/c1-2-10-20(11-3-1)14-15-21-12-4-5-13-22(21)24-19-9-8-18-23-16-6-7-17-23/h1-5,10-15H,6-9,16-19H2/b15-14+. The van der Waals surface area contributed by atoms with E-state index in [1.54, 1.807) is 0 Å². The molecule has 0 saturated carbocycles. The Bertz CT molecular complexity index is 629. The molecule has 126 valence electrons. The average molecular weight is 321 g/mol. The van der Waals surface area contributed by atoms with Crippen molar-refractivity contribution in [2.75, 3.05) is 26.2 Å². The molecule has 1 aliphatic heterocycles. The summed E-state index contributed by atoms with van der Waals surface area (Å²) in [7, 11) is 0. The van der Waals surface area contributed by atoms with Gasteiger partial charge in [-0.3, -0.25) is 0 Å². The summed E-state index contributed by atoms with van der Waals surface area (Å²) < 4.78 is 6.02. The number of rotatable bonds is 8. The van der Waals surface area contributed by atoms with Crippen LogP contribution in [0.3, 0.4) is 0 Å². The third-order valence-corrected chi connectivity index (χ3v) is 4.50. The zero-order valence-electron chi connectivity index (χ0n) is 14.4. The molecule has 24 heavy (non-hydrogen) atoms. The van der Waals surface area contributed by atoms with Gasteiger partial charge in [-0.05, 0) is 56.9 Å². The molecule has 3 rings (SSSR count). The van der Waals surface area contributed by atoms with Crippen LogP contribution in [0.25, 0.3) is 12.2 Å². The van der Waals surface area contributed by atoms with Gasteiger partial charge in [0.25, 0.3) is 0 Å².